The molecule has 3 aromatic rings. The topological polar surface area (TPSA) is 51.2 Å². The van der Waals surface area contributed by atoms with E-state index in [1.54, 1.807) is 6.07 Å². The van der Waals surface area contributed by atoms with Gasteiger partial charge in [-0.2, -0.15) is 0 Å². The first-order chi connectivity index (χ1) is 12.3. The number of nitrogens with zero attached hydrogens (tertiary/aromatic N) is 1. The molecule has 0 saturated carbocycles. The molecule has 0 spiro atoms. The van der Waals surface area contributed by atoms with Crippen LogP contribution in [0.4, 0.5) is 11.4 Å². The Morgan fingerprint density at radius 1 is 1.12 bits per heavy atom. The van der Waals surface area contributed by atoms with Crippen molar-refractivity contribution in [1.82, 2.24) is 4.98 Å². The van der Waals surface area contributed by atoms with Crippen LogP contribution in [0.25, 0.3) is 10.9 Å². The minimum atomic E-state index is -0.305. The number of esters is 1. The Hall–Kier alpha value is -2.88. The Labute approximate surface area is 146 Å². The highest BCUT2D eigenvalue weighted by Gasteiger charge is 2.21. The number of carbonyl (C=O) groups is 1. The largest absolute Gasteiger partial charge is 0.462 e. The SMILES string of the molecule is CCOC(=O)c1ccccc1Nc1c2c(nc3ccccc13)CCC2. The van der Waals surface area contributed by atoms with Crippen molar-refractivity contribution >= 4 is 28.2 Å². The fourth-order valence-electron chi connectivity index (χ4n) is 3.47. The van der Waals surface area contributed by atoms with E-state index in [1.165, 1.54) is 5.56 Å². The van der Waals surface area contributed by atoms with Crippen molar-refractivity contribution in [3.63, 3.8) is 0 Å². The normalized spacial score (nSPS) is 12.8. The third-order valence-electron chi connectivity index (χ3n) is 4.60. The molecular weight excluding hydrogens is 312 g/mol. The Bertz CT molecular complexity index is 950. The first kappa shape index (κ1) is 15.6. The van der Waals surface area contributed by atoms with Gasteiger partial charge in [-0.25, -0.2) is 4.79 Å². The number of benzene rings is 2. The Kier molecular flexibility index (Phi) is 4.10. The Morgan fingerprint density at radius 3 is 2.80 bits per heavy atom. The third kappa shape index (κ3) is 2.84. The quantitative estimate of drug-likeness (QED) is 0.707. The van der Waals surface area contributed by atoms with Gasteiger partial charge >= 0.3 is 5.97 Å². The van der Waals surface area contributed by atoms with Crippen molar-refractivity contribution in [1.29, 1.82) is 0 Å². The van der Waals surface area contributed by atoms with Crippen LogP contribution in [0.15, 0.2) is 48.5 Å². The summed E-state index contributed by atoms with van der Waals surface area (Å²) >= 11 is 0. The van der Waals surface area contributed by atoms with Gasteiger partial charge in [-0.05, 0) is 49.9 Å². The van der Waals surface area contributed by atoms with E-state index in [0.29, 0.717) is 12.2 Å². The molecule has 0 bridgehead atoms. The summed E-state index contributed by atoms with van der Waals surface area (Å²) in [5.74, 6) is -0.305. The number of fused-ring (bicyclic) bond motifs is 2. The summed E-state index contributed by atoms with van der Waals surface area (Å²) in [6.45, 7) is 2.18. The first-order valence-corrected chi connectivity index (χ1v) is 8.71. The molecule has 1 aliphatic rings. The number of pyridine rings is 1. The maximum atomic E-state index is 12.3. The fourth-order valence-corrected chi connectivity index (χ4v) is 3.47. The molecule has 126 valence electrons. The fraction of sp³-hybridized carbons (Fsp3) is 0.238. The van der Waals surface area contributed by atoms with Crippen LogP contribution in [0.2, 0.25) is 0 Å². The highest BCUT2D eigenvalue weighted by Crippen LogP contribution is 2.36. The second-order valence-electron chi connectivity index (χ2n) is 6.17. The maximum Gasteiger partial charge on any atom is 0.340 e. The number of hydrogen-bond donors (Lipinski definition) is 1. The second kappa shape index (κ2) is 6.55. The van der Waals surface area contributed by atoms with Crippen molar-refractivity contribution in [2.45, 2.75) is 26.2 Å². The molecular formula is C21H20N2O2. The number of rotatable bonds is 4. The molecule has 4 nitrogen and oxygen atoms in total. The second-order valence-corrected chi connectivity index (χ2v) is 6.17. The average molecular weight is 332 g/mol. The molecule has 0 fully saturated rings. The maximum absolute atomic E-state index is 12.3. The summed E-state index contributed by atoms with van der Waals surface area (Å²) in [4.78, 5) is 17.1. The summed E-state index contributed by atoms with van der Waals surface area (Å²) in [7, 11) is 0. The molecule has 0 radical (unpaired) electrons. The molecule has 4 heteroatoms. The van der Waals surface area contributed by atoms with Gasteiger partial charge in [-0.1, -0.05) is 30.3 Å². The van der Waals surface area contributed by atoms with Gasteiger partial charge in [0, 0.05) is 11.1 Å². The third-order valence-corrected chi connectivity index (χ3v) is 4.60. The standard InChI is InChI=1S/C21H20N2O2/c1-2-25-21(24)16-9-4-6-12-19(16)23-20-14-8-3-5-11-17(14)22-18-13-7-10-15(18)20/h3-6,8-9,11-12H,2,7,10,13H2,1H3,(H,22,23). The van der Waals surface area contributed by atoms with E-state index in [1.807, 2.05) is 43.3 Å². The summed E-state index contributed by atoms with van der Waals surface area (Å²) < 4.78 is 5.20. The van der Waals surface area contributed by atoms with Gasteiger partial charge in [0.15, 0.2) is 0 Å². The molecule has 0 aliphatic heterocycles. The van der Waals surface area contributed by atoms with Gasteiger partial charge in [-0.3, -0.25) is 4.98 Å². The highest BCUT2D eigenvalue weighted by molar-refractivity contribution is 6.00. The van der Waals surface area contributed by atoms with E-state index < -0.39 is 0 Å². The van der Waals surface area contributed by atoms with Gasteiger partial charge in [0.2, 0.25) is 0 Å². The number of para-hydroxylation sites is 2. The van der Waals surface area contributed by atoms with Crippen LogP contribution >= 0.6 is 0 Å². The number of carbonyl (C=O) groups excluding carboxylic acids is 1. The van der Waals surface area contributed by atoms with Gasteiger partial charge in [-0.15, -0.1) is 0 Å². The zero-order chi connectivity index (χ0) is 17.2. The Balaban J connectivity index is 1.84. The van der Waals surface area contributed by atoms with Crippen LogP contribution in [-0.2, 0) is 17.6 Å². The number of aromatic nitrogens is 1. The molecule has 1 N–H and O–H groups in total. The van der Waals surface area contributed by atoms with E-state index in [9.17, 15) is 4.79 Å². The molecule has 25 heavy (non-hydrogen) atoms. The van der Waals surface area contributed by atoms with E-state index in [-0.39, 0.29) is 5.97 Å². The van der Waals surface area contributed by atoms with Crippen molar-refractivity contribution in [2.24, 2.45) is 0 Å². The van der Waals surface area contributed by atoms with Crippen molar-refractivity contribution in [3.05, 3.63) is 65.4 Å². The van der Waals surface area contributed by atoms with Gasteiger partial charge in [0.25, 0.3) is 0 Å². The first-order valence-electron chi connectivity index (χ1n) is 8.71. The summed E-state index contributed by atoms with van der Waals surface area (Å²) in [6.07, 6.45) is 3.14. The number of anilines is 2. The van der Waals surface area contributed by atoms with E-state index in [2.05, 4.69) is 11.4 Å². The molecule has 0 atom stereocenters. The summed E-state index contributed by atoms with van der Waals surface area (Å²) in [5.41, 5.74) is 5.80. The highest BCUT2D eigenvalue weighted by atomic mass is 16.5. The lowest BCUT2D eigenvalue weighted by molar-refractivity contribution is 0.0527. The van der Waals surface area contributed by atoms with Gasteiger partial charge < -0.3 is 10.1 Å². The average Bonchev–Trinajstić information content (AvgIpc) is 3.10. The minimum Gasteiger partial charge on any atom is -0.462 e. The zero-order valence-corrected chi connectivity index (χ0v) is 14.2. The smallest absolute Gasteiger partial charge is 0.340 e. The lowest BCUT2D eigenvalue weighted by Gasteiger charge is -2.16. The number of aryl methyl sites for hydroxylation is 1. The number of hydrogen-bond acceptors (Lipinski definition) is 4. The lowest BCUT2D eigenvalue weighted by atomic mass is 10.1. The minimum absolute atomic E-state index is 0.305. The van der Waals surface area contributed by atoms with Gasteiger partial charge in [0.05, 0.1) is 29.1 Å². The summed E-state index contributed by atoms with van der Waals surface area (Å²) in [6, 6.07) is 15.6. The van der Waals surface area contributed by atoms with E-state index in [0.717, 1.165) is 47.2 Å². The van der Waals surface area contributed by atoms with Crippen LogP contribution in [-0.4, -0.2) is 17.6 Å². The zero-order valence-electron chi connectivity index (χ0n) is 14.2. The Morgan fingerprint density at radius 2 is 1.92 bits per heavy atom. The molecule has 1 heterocycles. The molecule has 0 saturated heterocycles. The number of nitrogens with one attached hydrogen (secondary N) is 1. The van der Waals surface area contributed by atoms with Crippen molar-refractivity contribution < 1.29 is 9.53 Å². The van der Waals surface area contributed by atoms with E-state index >= 15 is 0 Å². The van der Waals surface area contributed by atoms with Crippen LogP contribution in [0.3, 0.4) is 0 Å². The molecule has 0 unspecified atom stereocenters. The molecule has 1 aromatic heterocycles. The van der Waals surface area contributed by atoms with Crippen molar-refractivity contribution in [3.8, 4) is 0 Å². The van der Waals surface area contributed by atoms with E-state index in [4.69, 9.17) is 9.72 Å². The molecule has 4 rings (SSSR count). The van der Waals surface area contributed by atoms with Crippen LogP contribution < -0.4 is 5.32 Å². The number of ether oxygens (including phenoxy) is 1. The lowest BCUT2D eigenvalue weighted by Crippen LogP contribution is -2.09. The van der Waals surface area contributed by atoms with Crippen LogP contribution in [0, 0.1) is 0 Å². The molecule has 0 amide bonds. The van der Waals surface area contributed by atoms with Crippen LogP contribution in [0.5, 0.6) is 0 Å². The molecule has 1 aliphatic carbocycles. The van der Waals surface area contributed by atoms with Crippen molar-refractivity contribution in [2.75, 3.05) is 11.9 Å². The predicted octanol–water partition coefficient (Wildman–Crippen LogP) is 4.64. The summed E-state index contributed by atoms with van der Waals surface area (Å²) in [5, 5.41) is 4.60. The molecule has 2 aromatic carbocycles. The van der Waals surface area contributed by atoms with Crippen LogP contribution in [0.1, 0.15) is 35.0 Å². The predicted molar refractivity (Wildman–Crippen MR) is 99.4 cm³/mol. The monoisotopic (exact) mass is 332 g/mol. The van der Waals surface area contributed by atoms with Gasteiger partial charge in [0.1, 0.15) is 0 Å².